The summed E-state index contributed by atoms with van der Waals surface area (Å²) in [5, 5.41) is 0.102. The van der Waals surface area contributed by atoms with Gasteiger partial charge in [0.2, 0.25) is 5.91 Å². The van der Waals surface area contributed by atoms with Crippen LogP contribution in [0, 0.1) is 5.92 Å². The molecule has 2 rings (SSSR count). The fourth-order valence-electron chi connectivity index (χ4n) is 2.32. The third-order valence-electron chi connectivity index (χ3n) is 3.18. The van der Waals surface area contributed by atoms with Crippen LogP contribution in [0.3, 0.4) is 0 Å². The van der Waals surface area contributed by atoms with Gasteiger partial charge in [0.25, 0.3) is 0 Å². The lowest BCUT2D eigenvalue weighted by atomic mass is 10.1. The molecule has 1 atom stereocenters. The number of hydrogen-bond donors (Lipinski definition) is 0. The van der Waals surface area contributed by atoms with E-state index in [9.17, 15) is 9.59 Å². The Morgan fingerprint density at radius 3 is 2.90 bits per heavy atom. The summed E-state index contributed by atoms with van der Waals surface area (Å²) in [6, 6.07) is 7.59. The van der Waals surface area contributed by atoms with E-state index < -0.39 is 0 Å². The highest BCUT2D eigenvalue weighted by Crippen LogP contribution is 2.33. The third kappa shape index (κ3) is 3.54. The molecule has 0 spiro atoms. The summed E-state index contributed by atoms with van der Waals surface area (Å²) in [6.45, 7) is 4.71. The van der Waals surface area contributed by atoms with Gasteiger partial charge in [-0.2, -0.15) is 0 Å². The van der Waals surface area contributed by atoms with Gasteiger partial charge in [0.1, 0.15) is 5.75 Å². The molecule has 0 N–H and O–H groups in total. The summed E-state index contributed by atoms with van der Waals surface area (Å²) in [5.41, 5.74) is 0.828. The Kier molecular flexibility index (Phi) is 5.06. The molecule has 1 aliphatic heterocycles. The molecule has 1 amide bonds. The zero-order chi connectivity index (χ0) is 14.5. The number of hydrogen-bond acceptors (Lipinski definition) is 4. The zero-order valence-corrected chi connectivity index (χ0v) is 12.6. The molecule has 1 heterocycles. The van der Waals surface area contributed by atoms with Gasteiger partial charge < -0.3 is 9.64 Å². The van der Waals surface area contributed by atoms with Crippen molar-refractivity contribution in [2.45, 2.75) is 20.3 Å². The number of carbonyl (C=O) groups is 2. The molecular formula is C15H19NO3S. The van der Waals surface area contributed by atoms with Gasteiger partial charge in [-0.1, -0.05) is 23.9 Å². The van der Waals surface area contributed by atoms with Crippen LogP contribution in [-0.2, 0) is 9.59 Å². The number of carbonyl (C=O) groups excluding carboxylic acids is 2. The molecule has 1 saturated heterocycles. The largest absolute Gasteiger partial charge is 0.492 e. The normalized spacial score (nSPS) is 18.4. The number of anilines is 1. The van der Waals surface area contributed by atoms with Crippen molar-refractivity contribution in [1.29, 1.82) is 0 Å². The lowest BCUT2D eigenvalue weighted by molar-refractivity contribution is -0.117. The van der Waals surface area contributed by atoms with Crippen molar-refractivity contribution >= 4 is 28.5 Å². The molecule has 1 aliphatic rings. The van der Waals surface area contributed by atoms with Crippen LogP contribution in [0.1, 0.15) is 20.3 Å². The first-order chi connectivity index (χ1) is 9.61. The Labute approximate surface area is 123 Å². The maximum absolute atomic E-state index is 12.2. The average Bonchev–Trinajstić information content (AvgIpc) is 2.79. The summed E-state index contributed by atoms with van der Waals surface area (Å²) in [5.74, 6) is 1.77. The van der Waals surface area contributed by atoms with Crippen LogP contribution in [0.15, 0.2) is 24.3 Å². The molecule has 1 aromatic rings. The minimum absolute atomic E-state index is 0.102. The first kappa shape index (κ1) is 14.9. The van der Waals surface area contributed by atoms with Crippen LogP contribution in [-0.4, -0.2) is 29.9 Å². The SMILES string of the molecule is CCOc1ccccc1N1CC(CSC(C)=O)CC1=O. The maximum Gasteiger partial charge on any atom is 0.227 e. The lowest BCUT2D eigenvalue weighted by Gasteiger charge is -2.20. The second kappa shape index (κ2) is 6.79. The Balaban J connectivity index is 2.09. The Bertz CT molecular complexity index is 504. The van der Waals surface area contributed by atoms with E-state index in [-0.39, 0.29) is 16.9 Å². The van der Waals surface area contributed by atoms with Gasteiger partial charge in [-0.25, -0.2) is 0 Å². The monoisotopic (exact) mass is 293 g/mol. The predicted molar refractivity (Wildman–Crippen MR) is 81.2 cm³/mol. The van der Waals surface area contributed by atoms with Crippen molar-refractivity contribution in [3.8, 4) is 5.75 Å². The topological polar surface area (TPSA) is 46.6 Å². The number of amides is 1. The predicted octanol–water partition coefficient (Wildman–Crippen LogP) is 2.72. The number of nitrogens with zero attached hydrogens (tertiary/aromatic N) is 1. The van der Waals surface area contributed by atoms with Crippen LogP contribution < -0.4 is 9.64 Å². The van der Waals surface area contributed by atoms with Gasteiger partial charge in [-0.15, -0.1) is 0 Å². The van der Waals surface area contributed by atoms with Crippen LogP contribution in [0.5, 0.6) is 5.75 Å². The maximum atomic E-state index is 12.2. The van der Waals surface area contributed by atoms with E-state index in [2.05, 4.69) is 0 Å². The minimum atomic E-state index is 0.102. The Morgan fingerprint density at radius 2 is 2.20 bits per heavy atom. The highest BCUT2D eigenvalue weighted by atomic mass is 32.2. The number of para-hydroxylation sites is 2. The lowest BCUT2D eigenvalue weighted by Crippen LogP contribution is -2.25. The summed E-state index contributed by atoms with van der Waals surface area (Å²) in [4.78, 5) is 25.0. The quantitative estimate of drug-likeness (QED) is 0.837. The van der Waals surface area contributed by atoms with Gasteiger partial charge >= 0.3 is 0 Å². The first-order valence-corrected chi connectivity index (χ1v) is 7.76. The van der Waals surface area contributed by atoms with Crippen molar-refractivity contribution in [3.05, 3.63) is 24.3 Å². The van der Waals surface area contributed by atoms with E-state index in [0.29, 0.717) is 25.3 Å². The molecule has 0 aliphatic carbocycles. The highest BCUT2D eigenvalue weighted by molar-refractivity contribution is 8.13. The van der Waals surface area contributed by atoms with Gasteiger partial charge in [0.15, 0.2) is 5.12 Å². The van der Waals surface area contributed by atoms with Gasteiger partial charge in [-0.3, -0.25) is 9.59 Å². The van der Waals surface area contributed by atoms with Crippen LogP contribution in [0.4, 0.5) is 5.69 Å². The fourth-order valence-corrected chi connectivity index (χ4v) is 3.01. The molecule has 108 valence electrons. The Hall–Kier alpha value is -1.49. The van der Waals surface area contributed by atoms with Crippen molar-refractivity contribution < 1.29 is 14.3 Å². The highest BCUT2D eigenvalue weighted by Gasteiger charge is 2.32. The summed E-state index contributed by atoms with van der Waals surface area (Å²) >= 11 is 1.29. The van der Waals surface area contributed by atoms with Gasteiger partial charge in [0, 0.05) is 25.6 Å². The molecule has 1 aromatic carbocycles. The van der Waals surface area contributed by atoms with E-state index in [1.165, 1.54) is 11.8 Å². The molecule has 1 fully saturated rings. The summed E-state index contributed by atoms with van der Waals surface area (Å²) in [7, 11) is 0. The fraction of sp³-hybridized carbons (Fsp3) is 0.467. The van der Waals surface area contributed by atoms with E-state index in [4.69, 9.17) is 4.74 Å². The van der Waals surface area contributed by atoms with E-state index in [1.54, 1.807) is 11.8 Å². The molecule has 5 heteroatoms. The molecular weight excluding hydrogens is 274 g/mol. The van der Waals surface area contributed by atoms with E-state index in [0.717, 1.165) is 11.4 Å². The van der Waals surface area contributed by atoms with E-state index >= 15 is 0 Å². The Morgan fingerprint density at radius 1 is 1.45 bits per heavy atom. The van der Waals surface area contributed by atoms with Crippen LogP contribution in [0.25, 0.3) is 0 Å². The minimum Gasteiger partial charge on any atom is -0.492 e. The standard InChI is InChI=1S/C15H19NO3S/c1-3-19-14-7-5-4-6-13(14)16-9-12(8-15(16)18)10-20-11(2)17/h4-7,12H,3,8-10H2,1-2H3. The third-order valence-corrected chi connectivity index (χ3v) is 4.23. The van der Waals surface area contributed by atoms with E-state index in [1.807, 2.05) is 31.2 Å². The van der Waals surface area contributed by atoms with Crippen molar-refractivity contribution in [1.82, 2.24) is 0 Å². The second-order valence-corrected chi connectivity index (χ2v) is 5.97. The number of benzene rings is 1. The number of rotatable bonds is 5. The molecule has 20 heavy (non-hydrogen) atoms. The number of ether oxygens (including phenoxy) is 1. The van der Waals surface area contributed by atoms with Gasteiger partial charge in [0.05, 0.1) is 12.3 Å². The summed E-state index contributed by atoms with van der Waals surface area (Å²) < 4.78 is 5.58. The average molecular weight is 293 g/mol. The van der Waals surface area contributed by atoms with Crippen LogP contribution in [0.2, 0.25) is 0 Å². The van der Waals surface area contributed by atoms with Crippen LogP contribution >= 0.6 is 11.8 Å². The van der Waals surface area contributed by atoms with Crippen molar-refractivity contribution in [2.24, 2.45) is 5.92 Å². The molecule has 0 aromatic heterocycles. The molecule has 4 nitrogen and oxygen atoms in total. The first-order valence-electron chi connectivity index (χ1n) is 6.77. The smallest absolute Gasteiger partial charge is 0.227 e. The second-order valence-electron chi connectivity index (χ2n) is 4.78. The van der Waals surface area contributed by atoms with Gasteiger partial charge in [-0.05, 0) is 25.0 Å². The zero-order valence-electron chi connectivity index (χ0n) is 11.8. The number of thioether (sulfide) groups is 1. The summed E-state index contributed by atoms with van der Waals surface area (Å²) in [6.07, 6.45) is 0.501. The molecule has 0 saturated carbocycles. The molecule has 0 bridgehead atoms. The molecule has 1 unspecified atom stereocenters. The molecule has 0 radical (unpaired) electrons. The van der Waals surface area contributed by atoms with Crippen molar-refractivity contribution in [2.75, 3.05) is 23.8 Å². The van der Waals surface area contributed by atoms with Crippen molar-refractivity contribution in [3.63, 3.8) is 0 Å².